The van der Waals surface area contributed by atoms with Crippen molar-refractivity contribution in [2.45, 2.75) is 31.6 Å². The van der Waals surface area contributed by atoms with Crippen molar-refractivity contribution in [1.29, 1.82) is 0 Å². The summed E-state index contributed by atoms with van der Waals surface area (Å²) in [6, 6.07) is 9.57. The summed E-state index contributed by atoms with van der Waals surface area (Å²) in [6.07, 6.45) is 1.08. The molecule has 1 spiro atoms. The zero-order chi connectivity index (χ0) is 18.5. The van der Waals surface area contributed by atoms with Gasteiger partial charge in [-0.15, -0.1) is 0 Å². The number of aryl methyl sites for hydroxylation is 2. The van der Waals surface area contributed by atoms with Gasteiger partial charge in [0.25, 0.3) is 0 Å². The minimum absolute atomic E-state index is 0.0955. The smallest absolute Gasteiger partial charge is 0.248 e. The molecule has 2 fully saturated rings. The number of β-lactam (4-membered cyclic amide) rings is 1. The van der Waals surface area contributed by atoms with Crippen LogP contribution < -0.4 is 4.90 Å². The molecule has 0 N–H and O–H groups in total. The van der Waals surface area contributed by atoms with Gasteiger partial charge in [-0.2, -0.15) is 4.31 Å². The molecule has 0 radical (unpaired) electrons. The molecule has 1 aromatic heterocycles. The van der Waals surface area contributed by atoms with Crippen LogP contribution in [0.2, 0.25) is 0 Å². The maximum atomic E-state index is 12.9. The zero-order valence-corrected chi connectivity index (χ0v) is 15.6. The molecular formula is C18H21N3O4S. The Morgan fingerprint density at radius 1 is 1.12 bits per heavy atom. The fourth-order valence-electron chi connectivity index (χ4n) is 3.95. The molecule has 4 rings (SSSR count). The Kier molecular flexibility index (Phi) is 3.92. The summed E-state index contributed by atoms with van der Waals surface area (Å²) in [5.74, 6) is 0.399. The first-order valence-electron chi connectivity index (χ1n) is 8.65. The van der Waals surface area contributed by atoms with E-state index in [0.717, 1.165) is 5.69 Å². The van der Waals surface area contributed by atoms with Crippen LogP contribution in [-0.2, 0) is 14.8 Å². The van der Waals surface area contributed by atoms with E-state index >= 15 is 0 Å². The van der Waals surface area contributed by atoms with Crippen LogP contribution in [0.3, 0.4) is 0 Å². The van der Waals surface area contributed by atoms with E-state index < -0.39 is 15.4 Å². The van der Waals surface area contributed by atoms with E-state index in [-0.39, 0.29) is 10.8 Å². The zero-order valence-electron chi connectivity index (χ0n) is 14.8. The predicted molar refractivity (Wildman–Crippen MR) is 95.2 cm³/mol. The van der Waals surface area contributed by atoms with E-state index in [1.54, 1.807) is 18.7 Å². The molecule has 0 aliphatic carbocycles. The van der Waals surface area contributed by atoms with Crippen LogP contribution in [0.4, 0.5) is 5.69 Å². The van der Waals surface area contributed by atoms with E-state index in [1.165, 1.54) is 4.31 Å². The molecule has 8 heteroatoms. The highest BCUT2D eigenvalue weighted by Gasteiger charge is 2.54. The lowest BCUT2D eigenvalue weighted by Gasteiger charge is -2.52. The minimum atomic E-state index is -3.65. The topological polar surface area (TPSA) is 83.7 Å². The number of amides is 1. The number of sulfonamides is 1. The highest BCUT2D eigenvalue weighted by molar-refractivity contribution is 7.89. The fraction of sp³-hybridized carbons (Fsp3) is 0.444. The highest BCUT2D eigenvalue weighted by atomic mass is 32.2. The van der Waals surface area contributed by atoms with Crippen LogP contribution in [0.5, 0.6) is 0 Å². The highest BCUT2D eigenvalue weighted by Crippen LogP contribution is 2.44. The molecule has 1 amide bonds. The SMILES string of the molecule is Cc1noc(C)c1S(=O)(=O)N1CCC2(CC1)CN(c1ccccc1)C2=O. The standard InChI is InChI=1S/C18H21N3O4S/c1-13-16(14(2)25-19-13)26(23,24)20-10-8-18(9-11-20)12-21(17(18)22)15-6-4-3-5-7-15/h3-7H,8-12H2,1-2H3. The molecule has 2 aliphatic rings. The van der Waals surface area contributed by atoms with Crippen LogP contribution in [0.1, 0.15) is 24.3 Å². The first-order chi connectivity index (χ1) is 12.3. The van der Waals surface area contributed by atoms with Crippen molar-refractivity contribution in [2.24, 2.45) is 5.41 Å². The third-order valence-electron chi connectivity index (χ3n) is 5.47. The Bertz CT molecular complexity index is 925. The first kappa shape index (κ1) is 17.2. The van der Waals surface area contributed by atoms with E-state index in [2.05, 4.69) is 5.16 Å². The normalized spacial score (nSPS) is 20.4. The van der Waals surface area contributed by atoms with E-state index in [0.29, 0.717) is 43.9 Å². The summed E-state index contributed by atoms with van der Waals surface area (Å²) in [5.41, 5.74) is 0.840. The fourth-order valence-corrected chi connectivity index (χ4v) is 5.68. The summed E-state index contributed by atoms with van der Waals surface area (Å²) in [6.45, 7) is 4.55. The molecular weight excluding hydrogens is 354 g/mol. The number of hydrogen-bond donors (Lipinski definition) is 0. The van der Waals surface area contributed by atoms with Gasteiger partial charge in [-0.25, -0.2) is 8.42 Å². The van der Waals surface area contributed by atoms with E-state index in [9.17, 15) is 13.2 Å². The Labute approximate surface area is 152 Å². The maximum Gasteiger partial charge on any atom is 0.248 e. The number of aromatic nitrogens is 1. The van der Waals surface area contributed by atoms with Crippen LogP contribution in [-0.4, -0.2) is 43.4 Å². The molecule has 1 aromatic carbocycles. The van der Waals surface area contributed by atoms with Gasteiger partial charge in [0.2, 0.25) is 15.9 Å². The van der Waals surface area contributed by atoms with Crippen molar-refractivity contribution < 1.29 is 17.7 Å². The molecule has 0 atom stereocenters. The molecule has 2 saturated heterocycles. The van der Waals surface area contributed by atoms with Gasteiger partial charge in [0.1, 0.15) is 10.6 Å². The molecule has 138 valence electrons. The Morgan fingerprint density at radius 2 is 1.77 bits per heavy atom. The van der Waals surface area contributed by atoms with Gasteiger partial charge < -0.3 is 9.42 Å². The van der Waals surface area contributed by atoms with Gasteiger partial charge in [-0.05, 0) is 38.8 Å². The number of nitrogens with zero attached hydrogens (tertiary/aromatic N) is 3. The summed E-state index contributed by atoms with van der Waals surface area (Å²) in [4.78, 5) is 14.7. The van der Waals surface area contributed by atoms with Gasteiger partial charge in [-0.3, -0.25) is 4.79 Å². The van der Waals surface area contributed by atoms with Crippen LogP contribution in [0.25, 0.3) is 0 Å². The second kappa shape index (κ2) is 5.92. The molecule has 2 aromatic rings. The lowest BCUT2D eigenvalue weighted by Crippen LogP contribution is -2.65. The molecule has 0 saturated carbocycles. The molecule has 0 unspecified atom stereocenters. The average Bonchev–Trinajstić information content (AvgIpc) is 2.99. The van der Waals surface area contributed by atoms with Crippen molar-refractivity contribution in [3.63, 3.8) is 0 Å². The van der Waals surface area contributed by atoms with Gasteiger partial charge in [-0.1, -0.05) is 23.4 Å². The largest absolute Gasteiger partial charge is 0.360 e. The summed E-state index contributed by atoms with van der Waals surface area (Å²) in [5, 5.41) is 3.75. The summed E-state index contributed by atoms with van der Waals surface area (Å²) >= 11 is 0. The van der Waals surface area contributed by atoms with Gasteiger partial charge in [0.05, 0.1) is 5.41 Å². The summed E-state index contributed by atoms with van der Waals surface area (Å²) < 4.78 is 32.3. The van der Waals surface area contributed by atoms with Crippen molar-refractivity contribution in [2.75, 3.05) is 24.5 Å². The number of hydrogen-bond acceptors (Lipinski definition) is 5. The van der Waals surface area contributed by atoms with E-state index in [1.807, 2.05) is 30.3 Å². The van der Waals surface area contributed by atoms with Crippen LogP contribution in [0.15, 0.2) is 39.8 Å². The number of piperidine rings is 1. The van der Waals surface area contributed by atoms with Crippen LogP contribution >= 0.6 is 0 Å². The molecule has 26 heavy (non-hydrogen) atoms. The van der Waals surface area contributed by atoms with Gasteiger partial charge in [0, 0.05) is 25.3 Å². The maximum absolute atomic E-state index is 12.9. The second-order valence-corrected chi connectivity index (χ2v) is 8.94. The Hall–Kier alpha value is -2.19. The summed E-state index contributed by atoms with van der Waals surface area (Å²) in [7, 11) is -3.65. The van der Waals surface area contributed by atoms with Gasteiger partial charge >= 0.3 is 0 Å². The van der Waals surface area contributed by atoms with Crippen molar-refractivity contribution in [1.82, 2.24) is 9.46 Å². The third kappa shape index (κ3) is 2.47. The lowest BCUT2D eigenvalue weighted by molar-refractivity contribution is -0.137. The number of carbonyl (C=O) groups is 1. The number of para-hydroxylation sites is 1. The first-order valence-corrected chi connectivity index (χ1v) is 10.1. The quantitative estimate of drug-likeness (QED) is 0.767. The number of rotatable bonds is 3. The predicted octanol–water partition coefficient (Wildman–Crippen LogP) is 2.11. The number of anilines is 1. The second-order valence-electron chi connectivity index (χ2n) is 7.06. The van der Waals surface area contributed by atoms with E-state index in [4.69, 9.17) is 4.52 Å². The molecule has 3 heterocycles. The Morgan fingerprint density at radius 3 is 2.31 bits per heavy atom. The van der Waals surface area contributed by atoms with Crippen molar-refractivity contribution in [3.8, 4) is 0 Å². The third-order valence-corrected chi connectivity index (χ3v) is 7.62. The monoisotopic (exact) mass is 375 g/mol. The number of benzene rings is 1. The van der Waals surface area contributed by atoms with Crippen molar-refractivity contribution >= 4 is 21.6 Å². The van der Waals surface area contributed by atoms with Crippen LogP contribution in [0, 0.1) is 19.3 Å². The number of carbonyl (C=O) groups excluding carboxylic acids is 1. The molecule has 2 aliphatic heterocycles. The molecule has 7 nitrogen and oxygen atoms in total. The Balaban J connectivity index is 1.48. The van der Waals surface area contributed by atoms with Crippen molar-refractivity contribution in [3.05, 3.63) is 41.8 Å². The average molecular weight is 375 g/mol. The minimum Gasteiger partial charge on any atom is -0.360 e. The van der Waals surface area contributed by atoms with Gasteiger partial charge in [0.15, 0.2) is 5.76 Å². The lowest BCUT2D eigenvalue weighted by atomic mass is 9.71. The molecule has 0 bridgehead atoms.